The van der Waals surface area contributed by atoms with E-state index in [2.05, 4.69) is 39.2 Å². The predicted octanol–water partition coefficient (Wildman–Crippen LogP) is 2.50. The molecule has 0 radical (unpaired) electrons. The summed E-state index contributed by atoms with van der Waals surface area (Å²) in [4.78, 5) is 21.3. The Morgan fingerprint density at radius 3 is 2.10 bits per heavy atom. The third-order valence-corrected chi connectivity index (χ3v) is 4.80. The first-order valence-corrected chi connectivity index (χ1v) is 9.89. The quantitative estimate of drug-likeness (QED) is 0.598. The Kier molecular flexibility index (Phi) is 6.27. The molecule has 4 rings (SSSR count). The molecule has 1 aliphatic heterocycles. The highest BCUT2D eigenvalue weighted by Crippen LogP contribution is 2.11. The minimum Gasteiger partial charge on any atom is -0.488 e. The lowest BCUT2D eigenvalue weighted by Crippen LogP contribution is -2.36. The SMILES string of the molecule is O=C1N=c2cccc(OCC(O)CN(Cc3ccccc3)Cc3ccccc3)c2=N1. The van der Waals surface area contributed by atoms with Crippen molar-refractivity contribution in [3.05, 3.63) is 101 Å². The summed E-state index contributed by atoms with van der Waals surface area (Å²) < 4.78 is 5.78. The number of ether oxygens (including phenoxy) is 1. The Bertz CT molecular complexity index is 1080. The summed E-state index contributed by atoms with van der Waals surface area (Å²) in [6.07, 6.45) is -0.706. The maximum absolute atomic E-state index is 11.4. The number of amides is 2. The van der Waals surface area contributed by atoms with E-state index in [-0.39, 0.29) is 6.61 Å². The summed E-state index contributed by atoms with van der Waals surface area (Å²) in [5, 5.41) is 11.6. The average molecular weight is 401 g/mol. The van der Waals surface area contributed by atoms with Crippen LogP contribution in [0.2, 0.25) is 0 Å². The summed E-state index contributed by atoms with van der Waals surface area (Å²) >= 11 is 0. The summed E-state index contributed by atoms with van der Waals surface area (Å²) in [6.45, 7) is 1.98. The third kappa shape index (κ3) is 5.17. The van der Waals surface area contributed by atoms with Crippen molar-refractivity contribution in [2.75, 3.05) is 13.2 Å². The molecule has 0 saturated carbocycles. The van der Waals surface area contributed by atoms with E-state index in [4.69, 9.17) is 4.74 Å². The second-order valence-corrected chi connectivity index (χ2v) is 7.24. The van der Waals surface area contributed by atoms with Crippen LogP contribution in [-0.4, -0.2) is 35.3 Å². The number of aliphatic hydroxyl groups is 1. The Balaban J connectivity index is 1.42. The number of para-hydroxylation sites is 1. The van der Waals surface area contributed by atoms with Gasteiger partial charge in [-0.25, -0.2) is 4.79 Å². The lowest BCUT2D eigenvalue weighted by Gasteiger charge is -2.25. The van der Waals surface area contributed by atoms with Crippen LogP contribution in [0.4, 0.5) is 4.79 Å². The van der Waals surface area contributed by atoms with Gasteiger partial charge in [-0.1, -0.05) is 66.7 Å². The Labute approximate surface area is 174 Å². The topological polar surface area (TPSA) is 74.5 Å². The van der Waals surface area contributed by atoms with Gasteiger partial charge in [0.25, 0.3) is 0 Å². The lowest BCUT2D eigenvalue weighted by atomic mass is 10.1. The van der Waals surface area contributed by atoms with E-state index in [1.54, 1.807) is 18.2 Å². The van der Waals surface area contributed by atoms with Crippen molar-refractivity contribution in [1.82, 2.24) is 4.90 Å². The molecule has 1 heterocycles. The standard InChI is InChI=1S/C24H23N3O3/c28-20(17-30-22-13-7-12-21-23(22)26-24(29)25-21)16-27(14-18-8-3-1-4-9-18)15-19-10-5-2-6-11-19/h1-13,20,28H,14-17H2. The molecule has 1 aliphatic rings. The highest BCUT2D eigenvalue weighted by molar-refractivity contribution is 5.77. The van der Waals surface area contributed by atoms with Crippen LogP contribution in [0.3, 0.4) is 0 Å². The van der Waals surface area contributed by atoms with Gasteiger partial charge in [-0.2, -0.15) is 9.98 Å². The van der Waals surface area contributed by atoms with Gasteiger partial charge < -0.3 is 9.84 Å². The van der Waals surface area contributed by atoms with Crippen molar-refractivity contribution >= 4 is 6.03 Å². The summed E-state index contributed by atoms with van der Waals surface area (Å²) in [6, 6.07) is 25.0. The van der Waals surface area contributed by atoms with Crippen LogP contribution in [0.5, 0.6) is 5.75 Å². The number of benzene rings is 3. The number of urea groups is 1. The second-order valence-electron chi connectivity index (χ2n) is 7.24. The Hall–Kier alpha value is -3.35. The molecule has 1 atom stereocenters. The van der Waals surface area contributed by atoms with Crippen molar-refractivity contribution in [2.45, 2.75) is 19.2 Å². The molecule has 3 aromatic carbocycles. The molecular weight excluding hydrogens is 378 g/mol. The van der Waals surface area contributed by atoms with E-state index in [1.165, 1.54) is 11.1 Å². The zero-order valence-corrected chi connectivity index (χ0v) is 16.5. The molecule has 30 heavy (non-hydrogen) atoms. The molecule has 3 aromatic rings. The van der Waals surface area contributed by atoms with Gasteiger partial charge in [0.1, 0.15) is 23.8 Å². The number of fused-ring (bicyclic) bond motifs is 1. The molecular formula is C24H23N3O3. The lowest BCUT2D eigenvalue weighted by molar-refractivity contribution is 0.0624. The molecule has 0 aromatic heterocycles. The maximum Gasteiger partial charge on any atom is 0.368 e. The van der Waals surface area contributed by atoms with Crippen LogP contribution in [-0.2, 0) is 13.1 Å². The average Bonchev–Trinajstić information content (AvgIpc) is 3.14. The number of carbonyl (C=O) groups is 1. The van der Waals surface area contributed by atoms with E-state index in [0.717, 1.165) is 13.1 Å². The van der Waals surface area contributed by atoms with E-state index in [9.17, 15) is 9.90 Å². The van der Waals surface area contributed by atoms with Crippen LogP contribution < -0.4 is 15.5 Å². The van der Waals surface area contributed by atoms with Crippen molar-refractivity contribution in [1.29, 1.82) is 0 Å². The van der Waals surface area contributed by atoms with Gasteiger partial charge in [0.15, 0.2) is 0 Å². The third-order valence-electron chi connectivity index (χ3n) is 4.80. The monoisotopic (exact) mass is 401 g/mol. The first-order chi connectivity index (χ1) is 14.7. The van der Waals surface area contributed by atoms with Gasteiger partial charge in [-0.15, -0.1) is 0 Å². The smallest absolute Gasteiger partial charge is 0.368 e. The number of aliphatic hydroxyl groups excluding tert-OH is 1. The van der Waals surface area contributed by atoms with E-state index < -0.39 is 12.1 Å². The summed E-state index contributed by atoms with van der Waals surface area (Å²) in [5.41, 5.74) is 2.36. The van der Waals surface area contributed by atoms with Crippen LogP contribution in [0, 0.1) is 0 Å². The van der Waals surface area contributed by atoms with Crippen LogP contribution in [0.25, 0.3) is 0 Å². The normalized spacial score (nSPS) is 13.5. The van der Waals surface area contributed by atoms with Gasteiger partial charge in [0.05, 0.1) is 5.36 Å². The highest BCUT2D eigenvalue weighted by atomic mass is 16.5. The summed E-state index contributed by atoms with van der Waals surface area (Å²) in [5.74, 6) is 0.457. The second kappa shape index (κ2) is 9.43. The minimum atomic E-state index is -0.706. The molecule has 0 saturated heterocycles. The molecule has 6 heteroatoms. The molecule has 1 unspecified atom stereocenters. The molecule has 6 nitrogen and oxygen atoms in total. The fraction of sp³-hybridized carbons (Fsp3) is 0.208. The molecule has 0 spiro atoms. The fourth-order valence-corrected chi connectivity index (χ4v) is 3.46. The number of carbonyl (C=O) groups excluding carboxylic acids is 1. The largest absolute Gasteiger partial charge is 0.488 e. The number of hydrogen-bond donors (Lipinski definition) is 1. The highest BCUT2D eigenvalue weighted by Gasteiger charge is 2.15. The minimum absolute atomic E-state index is 0.0975. The van der Waals surface area contributed by atoms with Crippen LogP contribution in [0.1, 0.15) is 11.1 Å². The molecule has 152 valence electrons. The van der Waals surface area contributed by atoms with Gasteiger partial charge in [0.2, 0.25) is 0 Å². The number of hydrogen-bond acceptors (Lipinski definition) is 4. The Morgan fingerprint density at radius 2 is 1.47 bits per heavy atom. The van der Waals surface area contributed by atoms with Crippen molar-refractivity contribution in [3.63, 3.8) is 0 Å². The zero-order valence-electron chi connectivity index (χ0n) is 16.5. The van der Waals surface area contributed by atoms with Crippen LogP contribution in [0.15, 0.2) is 88.8 Å². The van der Waals surface area contributed by atoms with Crippen LogP contribution >= 0.6 is 0 Å². The first-order valence-electron chi connectivity index (χ1n) is 9.89. The van der Waals surface area contributed by atoms with Gasteiger partial charge in [-0.05, 0) is 23.3 Å². The van der Waals surface area contributed by atoms with Gasteiger partial charge in [-0.3, -0.25) is 4.90 Å². The molecule has 0 fully saturated rings. The van der Waals surface area contributed by atoms with Gasteiger partial charge >= 0.3 is 6.03 Å². The first kappa shape index (κ1) is 19.9. The number of rotatable bonds is 9. The molecule has 2 amide bonds. The van der Waals surface area contributed by atoms with Crippen molar-refractivity contribution in [3.8, 4) is 5.75 Å². The van der Waals surface area contributed by atoms with Gasteiger partial charge in [0, 0.05) is 19.6 Å². The molecule has 1 N–H and O–H groups in total. The predicted molar refractivity (Wildman–Crippen MR) is 113 cm³/mol. The van der Waals surface area contributed by atoms with Crippen molar-refractivity contribution < 1.29 is 14.6 Å². The number of nitrogens with zero attached hydrogens (tertiary/aromatic N) is 3. The van der Waals surface area contributed by atoms with E-state index in [1.807, 2.05) is 36.4 Å². The Morgan fingerprint density at radius 1 is 0.833 bits per heavy atom. The van der Waals surface area contributed by atoms with E-state index in [0.29, 0.717) is 23.0 Å². The van der Waals surface area contributed by atoms with Crippen molar-refractivity contribution in [2.24, 2.45) is 9.98 Å². The fourth-order valence-electron chi connectivity index (χ4n) is 3.46. The summed E-state index contributed by atoms with van der Waals surface area (Å²) in [7, 11) is 0. The molecule has 0 bridgehead atoms. The van der Waals surface area contributed by atoms with E-state index >= 15 is 0 Å². The zero-order chi connectivity index (χ0) is 20.8. The molecule has 0 aliphatic carbocycles. The maximum atomic E-state index is 11.4.